The van der Waals surface area contributed by atoms with Crippen LogP contribution in [-0.4, -0.2) is 26.0 Å². The molecule has 2 aromatic rings. The number of unbranched alkanes of at least 4 members (excludes halogenated alkanes) is 1. The summed E-state index contributed by atoms with van der Waals surface area (Å²) < 4.78 is 2.72. The second-order valence-electron chi connectivity index (χ2n) is 5.05. The molecule has 0 heterocycles. The Balaban J connectivity index is 2.20. The van der Waals surface area contributed by atoms with Gasteiger partial charge >= 0.3 is 132 Å². The molecule has 0 aliphatic heterocycles. The van der Waals surface area contributed by atoms with Gasteiger partial charge in [-0.3, -0.25) is 0 Å². The van der Waals surface area contributed by atoms with Gasteiger partial charge in [0.25, 0.3) is 0 Å². The van der Waals surface area contributed by atoms with Crippen LogP contribution in [0.25, 0.3) is 0 Å². The molecule has 0 radical (unpaired) electrons. The first-order chi connectivity index (χ1) is 9.72. The average molecular weight is 382 g/mol. The van der Waals surface area contributed by atoms with Gasteiger partial charge < -0.3 is 0 Å². The predicted octanol–water partition coefficient (Wildman–Crippen LogP) is 3.62. The van der Waals surface area contributed by atoms with E-state index in [4.69, 9.17) is 0 Å². The molecule has 0 saturated carbocycles. The van der Waals surface area contributed by atoms with Crippen molar-refractivity contribution < 1.29 is 5.11 Å². The molecule has 2 aromatic carbocycles. The molecule has 0 aromatic heterocycles. The second kappa shape index (κ2) is 7.84. The van der Waals surface area contributed by atoms with Crippen LogP contribution in [0, 0.1) is 6.92 Å². The van der Waals surface area contributed by atoms with Crippen molar-refractivity contribution in [1.29, 1.82) is 0 Å². The van der Waals surface area contributed by atoms with Crippen LogP contribution >= 0.6 is 0 Å². The Hall–Kier alpha value is -0.810. The van der Waals surface area contributed by atoms with Gasteiger partial charge in [-0.25, -0.2) is 0 Å². The molecule has 0 aliphatic carbocycles. The zero-order chi connectivity index (χ0) is 14.4. The van der Waals surface area contributed by atoms with Gasteiger partial charge in [-0.1, -0.05) is 0 Å². The summed E-state index contributed by atoms with van der Waals surface area (Å²) in [5.41, 5.74) is 3.33. The Morgan fingerprint density at radius 3 is 2.45 bits per heavy atom. The maximum absolute atomic E-state index is 10.6. The number of aliphatic hydroxyl groups excluding tert-OH is 1. The molecule has 2 heteroatoms. The van der Waals surface area contributed by atoms with Crippen molar-refractivity contribution in [3.63, 3.8) is 0 Å². The Bertz CT molecular complexity index is 533. The van der Waals surface area contributed by atoms with Crippen molar-refractivity contribution >= 4 is 24.5 Å². The molecule has 1 unspecified atom stereocenters. The number of aryl methyl sites for hydroxylation is 1. The second-order valence-corrected chi connectivity index (χ2v) is 8.30. The number of rotatable bonds is 6. The fourth-order valence-corrected chi connectivity index (χ4v) is 5.44. The number of hydrogen-bond acceptors (Lipinski definition) is 1. The summed E-state index contributed by atoms with van der Waals surface area (Å²) in [6.07, 6.45) is 2.07. The van der Waals surface area contributed by atoms with Crippen LogP contribution in [0.2, 0.25) is 4.47 Å². The summed E-state index contributed by atoms with van der Waals surface area (Å²) >= 11 is -0.183. The molecular formula is C18H22OTe. The zero-order valence-electron chi connectivity index (χ0n) is 12.2. The van der Waals surface area contributed by atoms with Gasteiger partial charge in [0.05, 0.1) is 0 Å². The van der Waals surface area contributed by atoms with E-state index >= 15 is 0 Å². The zero-order valence-corrected chi connectivity index (χ0v) is 14.5. The van der Waals surface area contributed by atoms with Gasteiger partial charge in [0.1, 0.15) is 0 Å². The van der Waals surface area contributed by atoms with E-state index in [0.29, 0.717) is 0 Å². The van der Waals surface area contributed by atoms with Gasteiger partial charge in [-0.05, 0) is 0 Å². The van der Waals surface area contributed by atoms with Crippen LogP contribution in [0.4, 0.5) is 0 Å². The van der Waals surface area contributed by atoms with E-state index in [1.165, 1.54) is 26.5 Å². The van der Waals surface area contributed by atoms with Crippen LogP contribution in [0.1, 0.15) is 42.6 Å². The molecule has 0 amide bonds. The summed E-state index contributed by atoms with van der Waals surface area (Å²) in [6, 6.07) is 16.6. The third kappa shape index (κ3) is 4.09. The summed E-state index contributed by atoms with van der Waals surface area (Å²) in [5.74, 6) is 0. The standard InChI is InChI=1S/C18H22OTe/c1-3-4-13-20-17-8-6-5-7-16(17)18(19)15-11-9-14(2)10-12-15/h5-12,18-19H,3-4,13H2,1-2H3. The summed E-state index contributed by atoms with van der Waals surface area (Å²) in [6.45, 7) is 4.31. The summed E-state index contributed by atoms with van der Waals surface area (Å²) in [5, 5.41) is 10.6. The molecule has 1 N–H and O–H groups in total. The molecule has 1 atom stereocenters. The fraction of sp³-hybridized carbons (Fsp3) is 0.333. The van der Waals surface area contributed by atoms with E-state index in [0.717, 1.165) is 11.1 Å². The molecule has 0 spiro atoms. The Morgan fingerprint density at radius 2 is 1.75 bits per heavy atom. The molecule has 2 rings (SSSR count). The van der Waals surface area contributed by atoms with Crippen LogP contribution in [0.3, 0.4) is 0 Å². The monoisotopic (exact) mass is 384 g/mol. The van der Waals surface area contributed by atoms with Crippen molar-refractivity contribution in [3.8, 4) is 0 Å². The van der Waals surface area contributed by atoms with Crippen molar-refractivity contribution in [3.05, 3.63) is 65.2 Å². The number of benzene rings is 2. The maximum atomic E-state index is 10.6. The third-order valence-corrected chi connectivity index (χ3v) is 6.72. The Morgan fingerprint density at radius 1 is 1.05 bits per heavy atom. The van der Waals surface area contributed by atoms with Crippen molar-refractivity contribution in [1.82, 2.24) is 0 Å². The van der Waals surface area contributed by atoms with Crippen LogP contribution in [0.15, 0.2) is 48.5 Å². The fourth-order valence-electron chi connectivity index (χ4n) is 2.09. The van der Waals surface area contributed by atoms with Crippen LogP contribution < -0.4 is 3.61 Å². The van der Waals surface area contributed by atoms with E-state index in [9.17, 15) is 5.11 Å². The molecule has 0 fully saturated rings. The molecule has 1 nitrogen and oxygen atoms in total. The normalized spacial score (nSPS) is 12.3. The van der Waals surface area contributed by atoms with Gasteiger partial charge in [-0.2, -0.15) is 0 Å². The minimum absolute atomic E-state index is 0.183. The molecule has 0 aliphatic rings. The molecule has 106 valence electrons. The third-order valence-electron chi connectivity index (χ3n) is 3.36. The van der Waals surface area contributed by atoms with E-state index in [1.54, 1.807) is 0 Å². The van der Waals surface area contributed by atoms with Gasteiger partial charge in [-0.15, -0.1) is 0 Å². The topological polar surface area (TPSA) is 20.2 Å². The quantitative estimate of drug-likeness (QED) is 0.598. The Kier molecular flexibility index (Phi) is 6.10. The first-order valence-electron chi connectivity index (χ1n) is 7.18. The van der Waals surface area contributed by atoms with Crippen LogP contribution in [0.5, 0.6) is 0 Å². The molecule has 0 bridgehead atoms. The van der Waals surface area contributed by atoms with Crippen molar-refractivity contribution in [2.75, 3.05) is 0 Å². The van der Waals surface area contributed by atoms with Gasteiger partial charge in [0.2, 0.25) is 0 Å². The molecule has 20 heavy (non-hydrogen) atoms. The first-order valence-corrected chi connectivity index (χ1v) is 10.00. The number of hydrogen-bond donors (Lipinski definition) is 1. The SMILES string of the molecule is CCCC[Te]c1ccccc1C(O)c1ccc(C)cc1. The van der Waals surface area contributed by atoms with E-state index in [1.807, 2.05) is 18.2 Å². The van der Waals surface area contributed by atoms with Crippen molar-refractivity contribution in [2.45, 2.75) is 37.3 Å². The molecule has 0 saturated heterocycles. The van der Waals surface area contributed by atoms with Gasteiger partial charge in [0, 0.05) is 0 Å². The van der Waals surface area contributed by atoms with E-state index < -0.39 is 6.10 Å². The van der Waals surface area contributed by atoms with Crippen LogP contribution in [-0.2, 0) is 0 Å². The minimum atomic E-state index is -0.487. The first kappa shape index (κ1) is 15.6. The average Bonchev–Trinajstić information content (AvgIpc) is 2.48. The van der Waals surface area contributed by atoms with E-state index in [-0.39, 0.29) is 20.9 Å². The summed E-state index contributed by atoms with van der Waals surface area (Å²) in [4.78, 5) is 0. The van der Waals surface area contributed by atoms with E-state index in [2.05, 4.69) is 44.2 Å². The Labute approximate surface area is 132 Å². The summed E-state index contributed by atoms with van der Waals surface area (Å²) in [7, 11) is 0. The molecular weight excluding hydrogens is 360 g/mol. The number of aliphatic hydroxyl groups is 1. The van der Waals surface area contributed by atoms with Crippen molar-refractivity contribution in [2.24, 2.45) is 0 Å². The predicted molar refractivity (Wildman–Crippen MR) is 86.8 cm³/mol. The van der Waals surface area contributed by atoms with Gasteiger partial charge in [0.15, 0.2) is 0 Å².